The zero-order valence-electron chi connectivity index (χ0n) is 10.5. The van der Waals surface area contributed by atoms with E-state index >= 15 is 0 Å². The summed E-state index contributed by atoms with van der Waals surface area (Å²) in [5, 5.41) is 5.06. The molecule has 0 spiro atoms. The first-order chi connectivity index (χ1) is 7.99. The van der Waals surface area contributed by atoms with Crippen molar-refractivity contribution >= 4 is 21.4 Å². The fraction of sp³-hybridized carbons (Fsp3) is 0.636. The van der Waals surface area contributed by atoms with E-state index in [-0.39, 0.29) is 6.04 Å². The molecule has 1 unspecified atom stereocenters. The van der Waals surface area contributed by atoms with Crippen molar-refractivity contribution in [1.82, 2.24) is 10.0 Å². The zero-order chi connectivity index (χ0) is 12.9. The average Bonchev–Trinajstić information content (AvgIpc) is 2.75. The molecule has 0 aliphatic rings. The third-order valence-electron chi connectivity index (χ3n) is 2.44. The monoisotopic (exact) mass is 276 g/mol. The van der Waals surface area contributed by atoms with Gasteiger partial charge in [-0.15, -0.1) is 11.3 Å². The van der Waals surface area contributed by atoms with Gasteiger partial charge in [0.05, 0.1) is 0 Å². The minimum atomic E-state index is -3.34. The van der Waals surface area contributed by atoms with Gasteiger partial charge in [0, 0.05) is 12.6 Å². The molecule has 4 nitrogen and oxygen atoms in total. The van der Waals surface area contributed by atoms with Gasteiger partial charge in [0.25, 0.3) is 0 Å². The highest BCUT2D eigenvalue weighted by Crippen LogP contribution is 2.20. The number of nitrogens with one attached hydrogen (secondary N) is 2. The molecule has 0 bridgehead atoms. The summed E-state index contributed by atoms with van der Waals surface area (Å²) in [6.07, 6.45) is 0.787. The van der Waals surface area contributed by atoms with Crippen molar-refractivity contribution in [2.24, 2.45) is 0 Å². The Kier molecular flexibility index (Phi) is 5.58. The molecule has 0 saturated heterocycles. The van der Waals surface area contributed by atoms with Crippen LogP contribution in [0.15, 0.2) is 15.7 Å². The van der Waals surface area contributed by atoms with E-state index in [0.717, 1.165) is 18.5 Å². The smallest absolute Gasteiger partial charge is 0.250 e. The molecule has 0 amide bonds. The van der Waals surface area contributed by atoms with Gasteiger partial charge in [-0.1, -0.05) is 13.8 Å². The molecule has 2 N–H and O–H groups in total. The molecule has 0 aliphatic heterocycles. The molecule has 0 saturated carbocycles. The molecule has 6 heteroatoms. The maximum atomic E-state index is 12.0. The molecular formula is C11H20N2O2S2. The van der Waals surface area contributed by atoms with Crippen LogP contribution in [0, 0.1) is 0 Å². The molecule has 1 heterocycles. The number of sulfonamides is 1. The van der Waals surface area contributed by atoms with Crippen LogP contribution in [0.1, 0.15) is 32.8 Å². The minimum Gasteiger partial charge on any atom is -0.313 e. The highest BCUT2D eigenvalue weighted by Gasteiger charge is 2.18. The molecule has 1 aromatic rings. The predicted octanol–water partition coefficient (Wildman–Crippen LogP) is 1.93. The Hall–Kier alpha value is -0.430. The second-order valence-corrected chi connectivity index (χ2v) is 6.84. The number of thiophene rings is 1. The Morgan fingerprint density at radius 3 is 2.71 bits per heavy atom. The maximum Gasteiger partial charge on any atom is 0.250 e. The van der Waals surface area contributed by atoms with Gasteiger partial charge in [-0.05, 0) is 36.9 Å². The second kappa shape index (κ2) is 6.49. The van der Waals surface area contributed by atoms with E-state index in [9.17, 15) is 8.42 Å². The van der Waals surface area contributed by atoms with Crippen LogP contribution in [0.3, 0.4) is 0 Å². The van der Waals surface area contributed by atoms with E-state index in [0.29, 0.717) is 10.8 Å². The summed E-state index contributed by atoms with van der Waals surface area (Å²) in [6, 6.07) is 1.71. The van der Waals surface area contributed by atoms with E-state index in [1.807, 2.05) is 26.2 Å². The fourth-order valence-electron chi connectivity index (χ4n) is 1.26. The Morgan fingerprint density at radius 2 is 2.12 bits per heavy atom. The number of hydrogen-bond acceptors (Lipinski definition) is 4. The first-order valence-corrected chi connectivity index (χ1v) is 8.16. The van der Waals surface area contributed by atoms with Crippen molar-refractivity contribution in [2.75, 3.05) is 6.54 Å². The van der Waals surface area contributed by atoms with Gasteiger partial charge in [0.2, 0.25) is 10.0 Å². The largest absolute Gasteiger partial charge is 0.313 e. The Morgan fingerprint density at radius 1 is 1.41 bits per heavy atom. The normalized spacial score (nSPS) is 13.8. The van der Waals surface area contributed by atoms with Crippen LogP contribution in [0.5, 0.6) is 0 Å². The van der Waals surface area contributed by atoms with Gasteiger partial charge in [-0.3, -0.25) is 0 Å². The first kappa shape index (κ1) is 14.6. The predicted molar refractivity (Wildman–Crippen MR) is 71.8 cm³/mol. The quantitative estimate of drug-likeness (QED) is 0.800. The summed E-state index contributed by atoms with van der Waals surface area (Å²) in [6.45, 7) is 7.44. The molecule has 0 radical (unpaired) electrons. The maximum absolute atomic E-state index is 12.0. The zero-order valence-corrected chi connectivity index (χ0v) is 12.1. The van der Waals surface area contributed by atoms with Crippen molar-refractivity contribution in [2.45, 2.75) is 44.0 Å². The van der Waals surface area contributed by atoms with Crippen molar-refractivity contribution in [1.29, 1.82) is 0 Å². The Labute approximate surface area is 107 Å². The number of hydrogen-bond donors (Lipinski definition) is 2. The summed E-state index contributed by atoms with van der Waals surface area (Å²) >= 11 is 1.27. The highest BCUT2D eigenvalue weighted by molar-refractivity contribution is 7.91. The van der Waals surface area contributed by atoms with Gasteiger partial charge in [-0.2, -0.15) is 0 Å². The van der Waals surface area contributed by atoms with Crippen molar-refractivity contribution < 1.29 is 8.42 Å². The fourth-order valence-corrected chi connectivity index (χ4v) is 3.82. The summed E-state index contributed by atoms with van der Waals surface area (Å²) in [7, 11) is -3.34. The summed E-state index contributed by atoms with van der Waals surface area (Å²) in [5.41, 5.74) is 1.02. The second-order valence-electron chi connectivity index (χ2n) is 3.98. The van der Waals surface area contributed by atoms with E-state index in [2.05, 4.69) is 10.0 Å². The molecule has 0 fully saturated rings. The lowest BCUT2D eigenvalue weighted by Gasteiger charge is -2.10. The standard InChI is InChI=1S/C11H20N2O2S2/c1-4-9(3)13-17(14,15)11-6-10(8-16-11)7-12-5-2/h6,8-9,12-13H,4-5,7H2,1-3H3. The molecule has 98 valence electrons. The molecule has 1 aromatic heterocycles. The van der Waals surface area contributed by atoms with Crippen LogP contribution in [-0.4, -0.2) is 21.0 Å². The number of rotatable bonds is 7. The third kappa shape index (κ3) is 4.39. The SMILES string of the molecule is CCNCc1csc(S(=O)(=O)NC(C)CC)c1. The molecule has 0 aliphatic carbocycles. The lowest BCUT2D eigenvalue weighted by atomic mass is 10.3. The highest BCUT2D eigenvalue weighted by atomic mass is 32.2. The molecule has 1 rings (SSSR count). The van der Waals surface area contributed by atoms with Gasteiger partial charge in [-0.25, -0.2) is 13.1 Å². The van der Waals surface area contributed by atoms with E-state index in [4.69, 9.17) is 0 Å². The Bertz CT molecular complexity index is 440. The lowest BCUT2D eigenvalue weighted by Crippen LogP contribution is -2.31. The molecular weight excluding hydrogens is 256 g/mol. The Balaban J connectivity index is 2.74. The van der Waals surface area contributed by atoms with Crippen LogP contribution in [-0.2, 0) is 16.6 Å². The topological polar surface area (TPSA) is 58.2 Å². The van der Waals surface area contributed by atoms with E-state index < -0.39 is 10.0 Å². The van der Waals surface area contributed by atoms with Crippen molar-refractivity contribution in [3.05, 3.63) is 17.0 Å². The van der Waals surface area contributed by atoms with E-state index in [1.54, 1.807) is 6.07 Å². The van der Waals surface area contributed by atoms with Crippen molar-refractivity contribution in [3.63, 3.8) is 0 Å². The van der Waals surface area contributed by atoms with Gasteiger partial charge in [0.15, 0.2) is 0 Å². The van der Waals surface area contributed by atoms with Gasteiger partial charge >= 0.3 is 0 Å². The van der Waals surface area contributed by atoms with Gasteiger partial charge < -0.3 is 5.32 Å². The van der Waals surface area contributed by atoms with E-state index in [1.165, 1.54) is 11.3 Å². The molecule has 17 heavy (non-hydrogen) atoms. The molecule has 1 atom stereocenters. The van der Waals surface area contributed by atoms with Crippen LogP contribution < -0.4 is 10.0 Å². The van der Waals surface area contributed by atoms with Crippen molar-refractivity contribution in [3.8, 4) is 0 Å². The first-order valence-electron chi connectivity index (χ1n) is 5.80. The van der Waals surface area contributed by atoms with Crippen LogP contribution >= 0.6 is 11.3 Å². The average molecular weight is 276 g/mol. The lowest BCUT2D eigenvalue weighted by molar-refractivity contribution is 0.557. The van der Waals surface area contributed by atoms with Crippen LogP contribution in [0.25, 0.3) is 0 Å². The minimum absolute atomic E-state index is 0.0284. The third-order valence-corrected chi connectivity index (χ3v) is 5.52. The summed E-state index contributed by atoms with van der Waals surface area (Å²) in [5.74, 6) is 0. The van der Waals surface area contributed by atoms with Crippen LogP contribution in [0.2, 0.25) is 0 Å². The molecule has 0 aromatic carbocycles. The van der Waals surface area contributed by atoms with Gasteiger partial charge in [0.1, 0.15) is 4.21 Å². The van der Waals surface area contributed by atoms with Crippen LogP contribution in [0.4, 0.5) is 0 Å². The summed E-state index contributed by atoms with van der Waals surface area (Å²) < 4.78 is 27.0. The summed E-state index contributed by atoms with van der Waals surface area (Å²) in [4.78, 5) is 0.